The standard InChI is InChI=1S/C11H20O/c1-8-6-10(2,3)9(12)11(4,5)7-8/h8H,6-7H2,1-5H3. The minimum Gasteiger partial charge on any atom is -0.299 e. The van der Waals surface area contributed by atoms with Crippen molar-refractivity contribution < 1.29 is 4.79 Å². The van der Waals surface area contributed by atoms with Crippen LogP contribution in [0.15, 0.2) is 0 Å². The first-order valence-electron chi connectivity index (χ1n) is 4.81. The molecule has 1 heteroatoms. The van der Waals surface area contributed by atoms with E-state index in [9.17, 15) is 4.79 Å². The molecule has 0 saturated heterocycles. The molecule has 0 unspecified atom stereocenters. The maximum atomic E-state index is 11.9. The molecule has 1 fully saturated rings. The summed E-state index contributed by atoms with van der Waals surface area (Å²) in [4.78, 5) is 11.9. The number of hydrogen-bond acceptors (Lipinski definition) is 1. The third-order valence-electron chi connectivity index (χ3n) is 2.95. The number of Topliss-reactive ketones (excluding diaryl/α,β-unsaturated/α-hetero) is 1. The van der Waals surface area contributed by atoms with Gasteiger partial charge in [-0.2, -0.15) is 0 Å². The van der Waals surface area contributed by atoms with Gasteiger partial charge >= 0.3 is 0 Å². The van der Waals surface area contributed by atoms with Crippen molar-refractivity contribution in [3.63, 3.8) is 0 Å². The van der Waals surface area contributed by atoms with E-state index >= 15 is 0 Å². The smallest absolute Gasteiger partial charge is 0.144 e. The van der Waals surface area contributed by atoms with Gasteiger partial charge in [0.25, 0.3) is 0 Å². The highest BCUT2D eigenvalue weighted by Gasteiger charge is 2.44. The zero-order chi connectivity index (χ0) is 9.57. The number of carbonyl (C=O) groups excluding carboxylic acids is 1. The Balaban J connectivity index is 2.91. The van der Waals surface area contributed by atoms with Crippen LogP contribution >= 0.6 is 0 Å². The highest BCUT2D eigenvalue weighted by Crippen LogP contribution is 2.44. The third kappa shape index (κ3) is 1.55. The number of rotatable bonds is 0. The summed E-state index contributed by atoms with van der Waals surface area (Å²) in [5.41, 5.74) is -0.192. The molecular weight excluding hydrogens is 148 g/mol. The molecule has 0 atom stereocenters. The van der Waals surface area contributed by atoms with Gasteiger partial charge in [0.2, 0.25) is 0 Å². The van der Waals surface area contributed by atoms with Crippen LogP contribution in [0.3, 0.4) is 0 Å². The van der Waals surface area contributed by atoms with E-state index in [0.29, 0.717) is 11.7 Å². The molecule has 0 aromatic carbocycles. The Bertz CT molecular complexity index is 181. The summed E-state index contributed by atoms with van der Waals surface area (Å²) in [5, 5.41) is 0. The Morgan fingerprint density at radius 3 is 1.75 bits per heavy atom. The third-order valence-corrected chi connectivity index (χ3v) is 2.95. The number of carbonyl (C=O) groups is 1. The van der Waals surface area contributed by atoms with Crippen LogP contribution in [0, 0.1) is 16.7 Å². The average molecular weight is 168 g/mol. The minimum atomic E-state index is -0.0961. The second-order valence-corrected chi connectivity index (χ2v) is 5.61. The van der Waals surface area contributed by atoms with Crippen LogP contribution in [0.2, 0.25) is 0 Å². The first-order valence-corrected chi connectivity index (χ1v) is 4.81. The molecule has 1 saturated carbocycles. The molecule has 1 rings (SSSR count). The van der Waals surface area contributed by atoms with Gasteiger partial charge in [0.1, 0.15) is 5.78 Å². The fraction of sp³-hybridized carbons (Fsp3) is 0.909. The first-order chi connectivity index (χ1) is 5.26. The van der Waals surface area contributed by atoms with Gasteiger partial charge in [-0.15, -0.1) is 0 Å². The van der Waals surface area contributed by atoms with Crippen molar-refractivity contribution in [2.75, 3.05) is 0 Å². The maximum Gasteiger partial charge on any atom is 0.144 e. The van der Waals surface area contributed by atoms with Crippen LogP contribution in [-0.2, 0) is 4.79 Å². The quantitative estimate of drug-likeness (QED) is 0.543. The van der Waals surface area contributed by atoms with Gasteiger partial charge in [0, 0.05) is 10.8 Å². The predicted molar refractivity (Wildman–Crippen MR) is 51.0 cm³/mol. The molecule has 0 aromatic heterocycles. The van der Waals surface area contributed by atoms with E-state index in [1.54, 1.807) is 0 Å². The summed E-state index contributed by atoms with van der Waals surface area (Å²) in [6.07, 6.45) is 2.10. The zero-order valence-electron chi connectivity index (χ0n) is 8.90. The van der Waals surface area contributed by atoms with Gasteiger partial charge in [0.05, 0.1) is 0 Å². The van der Waals surface area contributed by atoms with E-state index in [0.717, 1.165) is 12.8 Å². The van der Waals surface area contributed by atoms with Crippen molar-refractivity contribution in [1.82, 2.24) is 0 Å². The molecule has 0 spiro atoms. The molecule has 1 aliphatic rings. The molecule has 70 valence electrons. The van der Waals surface area contributed by atoms with Crippen molar-refractivity contribution in [2.24, 2.45) is 16.7 Å². The summed E-state index contributed by atoms with van der Waals surface area (Å²) < 4.78 is 0. The summed E-state index contributed by atoms with van der Waals surface area (Å²) >= 11 is 0. The maximum absolute atomic E-state index is 11.9. The molecule has 1 aliphatic carbocycles. The van der Waals surface area contributed by atoms with Crippen molar-refractivity contribution in [2.45, 2.75) is 47.5 Å². The van der Waals surface area contributed by atoms with E-state index in [4.69, 9.17) is 0 Å². The van der Waals surface area contributed by atoms with Crippen LogP contribution in [0.5, 0.6) is 0 Å². The van der Waals surface area contributed by atoms with Gasteiger partial charge < -0.3 is 0 Å². The number of ketones is 1. The molecule has 1 nitrogen and oxygen atoms in total. The van der Waals surface area contributed by atoms with Crippen molar-refractivity contribution in [1.29, 1.82) is 0 Å². The molecular formula is C11H20O. The fourth-order valence-electron chi connectivity index (χ4n) is 2.92. The van der Waals surface area contributed by atoms with Crippen molar-refractivity contribution >= 4 is 5.78 Å². The van der Waals surface area contributed by atoms with E-state index in [2.05, 4.69) is 34.6 Å². The lowest BCUT2D eigenvalue weighted by molar-refractivity contribution is -0.141. The molecule has 0 radical (unpaired) electrons. The summed E-state index contributed by atoms with van der Waals surface area (Å²) in [5.74, 6) is 1.13. The molecule has 0 bridgehead atoms. The molecule has 0 aliphatic heterocycles. The van der Waals surface area contributed by atoms with Crippen LogP contribution in [0.1, 0.15) is 47.5 Å². The Labute approximate surface area is 75.5 Å². The fourth-order valence-corrected chi connectivity index (χ4v) is 2.92. The van der Waals surface area contributed by atoms with Gasteiger partial charge in [-0.1, -0.05) is 34.6 Å². The predicted octanol–water partition coefficient (Wildman–Crippen LogP) is 3.04. The van der Waals surface area contributed by atoms with Gasteiger partial charge in [-0.05, 0) is 18.8 Å². The summed E-state index contributed by atoms with van der Waals surface area (Å²) in [6, 6.07) is 0. The molecule has 0 aromatic rings. The Hall–Kier alpha value is -0.330. The van der Waals surface area contributed by atoms with Crippen LogP contribution in [0.4, 0.5) is 0 Å². The zero-order valence-corrected chi connectivity index (χ0v) is 8.90. The minimum absolute atomic E-state index is 0.0961. The van der Waals surface area contributed by atoms with E-state index in [-0.39, 0.29) is 10.8 Å². The van der Waals surface area contributed by atoms with Gasteiger partial charge in [0.15, 0.2) is 0 Å². The lowest BCUT2D eigenvalue weighted by Crippen LogP contribution is -2.43. The molecule has 0 amide bonds. The van der Waals surface area contributed by atoms with Crippen LogP contribution in [-0.4, -0.2) is 5.78 Å². The van der Waals surface area contributed by atoms with Gasteiger partial charge in [-0.25, -0.2) is 0 Å². The second-order valence-electron chi connectivity index (χ2n) is 5.61. The SMILES string of the molecule is CC1CC(C)(C)C(=O)C(C)(C)C1. The Kier molecular flexibility index (Phi) is 2.10. The number of hydrogen-bond donors (Lipinski definition) is 0. The van der Waals surface area contributed by atoms with Gasteiger partial charge in [-0.3, -0.25) is 4.79 Å². The average Bonchev–Trinajstić information content (AvgIpc) is 1.80. The monoisotopic (exact) mass is 168 g/mol. The largest absolute Gasteiger partial charge is 0.299 e. The van der Waals surface area contributed by atoms with Crippen LogP contribution < -0.4 is 0 Å². The van der Waals surface area contributed by atoms with Crippen molar-refractivity contribution in [3.8, 4) is 0 Å². The van der Waals surface area contributed by atoms with E-state index < -0.39 is 0 Å². The first kappa shape index (κ1) is 9.76. The molecule has 0 heterocycles. The lowest BCUT2D eigenvalue weighted by atomic mass is 9.61. The second kappa shape index (κ2) is 2.58. The Morgan fingerprint density at radius 2 is 1.42 bits per heavy atom. The van der Waals surface area contributed by atoms with Crippen molar-refractivity contribution in [3.05, 3.63) is 0 Å². The highest BCUT2D eigenvalue weighted by atomic mass is 16.1. The highest BCUT2D eigenvalue weighted by molar-refractivity contribution is 5.89. The van der Waals surface area contributed by atoms with Crippen LogP contribution in [0.25, 0.3) is 0 Å². The summed E-state index contributed by atoms with van der Waals surface area (Å²) in [7, 11) is 0. The normalized spacial score (nSPS) is 28.9. The topological polar surface area (TPSA) is 17.1 Å². The molecule has 0 N–H and O–H groups in total. The summed E-state index contributed by atoms with van der Waals surface area (Å²) in [6.45, 7) is 10.6. The Morgan fingerprint density at radius 1 is 1.08 bits per heavy atom. The van der Waals surface area contributed by atoms with E-state index in [1.165, 1.54) is 0 Å². The molecule has 12 heavy (non-hydrogen) atoms. The van der Waals surface area contributed by atoms with E-state index in [1.807, 2.05) is 0 Å². The lowest BCUT2D eigenvalue weighted by Gasteiger charge is -2.42.